The van der Waals surface area contributed by atoms with E-state index in [1.54, 1.807) is 42.6 Å². The van der Waals surface area contributed by atoms with Crippen LogP contribution in [0.3, 0.4) is 0 Å². The van der Waals surface area contributed by atoms with Gasteiger partial charge in [-0.2, -0.15) is 0 Å². The Morgan fingerprint density at radius 3 is 2.55 bits per heavy atom. The van der Waals surface area contributed by atoms with Gasteiger partial charge in [-0.05, 0) is 66.8 Å². The van der Waals surface area contributed by atoms with Crippen molar-refractivity contribution in [1.82, 2.24) is 14.9 Å². The van der Waals surface area contributed by atoms with Gasteiger partial charge in [0.25, 0.3) is 0 Å². The molecule has 2 atom stereocenters. The molecule has 2 aromatic heterocycles. The van der Waals surface area contributed by atoms with Crippen LogP contribution >= 0.6 is 12.2 Å². The average molecular weight is 578 g/mol. The molecule has 12 heteroatoms. The topological polar surface area (TPSA) is 115 Å². The molecule has 0 spiro atoms. The first-order chi connectivity index (χ1) is 19.2. The molecule has 0 saturated carbocycles. The van der Waals surface area contributed by atoms with Crippen LogP contribution in [0.4, 0.5) is 11.4 Å². The Hall–Kier alpha value is -4.42. The predicted octanol–water partition coefficient (Wildman–Crippen LogP) is 4.22. The van der Waals surface area contributed by atoms with Crippen molar-refractivity contribution in [2.75, 3.05) is 30.1 Å². The van der Waals surface area contributed by atoms with Gasteiger partial charge in [-0.25, -0.2) is 13.2 Å². The second-order valence-corrected chi connectivity index (χ2v) is 11.2. The smallest absolute Gasteiger partial charge is 0.337 e. The Balaban J connectivity index is 1.64. The Bertz CT molecular complexity index is 1670. The van der Waals surface area contributed by atoms with Crippen LogP contribution in [0.1, 0.15) is 33.8 Å². The summed E-state index contributed by atoms with van der Waals surface area (Å²) < 4.78 is 38.7. The Morgan fingerprint density at radius 2 is 1.85 bits per heavy atom. The van der Waals surface area contributed by atoms with Crippen LogP contribution < -0.4 is 19.7 Å². The van der Waals surface area contributed by atoms with Gasteiger partial charge in [-0.1, -0.05) is 12.1 Å². The standard InChI is InChI=1S/C28H27N5O5S2/c1-37-24-17-20(12-13-21(24)31-40(3,35)36)33-26(25(30-28(33)39)22-10-4-5-14-29-22)23-11-7-15-32(23)19-9-6-8-18(16-19)27(34)38-2/h4-17,25-26,31H,1-3H3,(H,30,39)/t25-,26+/m0/s1. The molecule has 206 valence electrons. The lowest BCUT2D eigenvalue weighted by molar-refractivity contribution is 0.0600. The summed E-state index contributed by atoms with van der Waals surface area (Å²) in [6.45, 7) is 0. The number of ether oxygens (including phenoxy) is 2. The number of carbonyl (C=O) groups excluding carboxylic acids is 1. The lowest BCUT2D eigenvalue weighted by Gasteiger charge is -2.29. The fourth-order valence-corrected chi connectivity index (χ4v) is 5.73. The van der Waals surface area contributed by atoms with Crippen molar-refractivity contribution in [2.45, 2.75) is 12.1 Å². The number of rotatable bonds is 8. The number of methoxy groups -OCH3 is 2. The molecule has 2 N–H and O–H groups in total. The molecule has 1 saturated heterocycles. The van der Waals surface area contributed by atoms with E-state index in [0.29, 0.717) is 27.8 Å². The molecule has 4 aromatic rings. The summed E-state index contributed by atoms with van der Waals surface area (Å²) in [5.74, 6) is -0.0888. The van der Waals surface area contributed by atoms with E-state index >= 15 is 0 Å². The van der Waals surface area contributed by atoms with Crippen molar-refractivity contribution in [3.63, 3.8) is 0 Å². The number of esters is 1. The summed E-state index contributed by atoms with van der Waals surface area (Å²) in [4.78, 5) is 18.8. The van der Waals surface area contributed by atoms with Crippen LogP contribution in [0.25, 0.3) is 5.69 Å². The number of carbonyl (C=O) groups is 1. The minimum absolute atomic E-state index is 0.313. The molecule has 1 aliphatic rings. The highest BCUT2D eigenvalue weighted by Crippen LogP contribution is 2.44. The highest BCUT2D eigenvalue weighted by Gasteiger charge is 2.42. The van der Waals surface area contributed by atoms with Crippen molar-refractivity contribution in [3.8, 4) is 11.4 Å². The number of nitrogens with zero attached hydrogens (tertiary/aromatic N) is 3. The minimum Gasteiger partial charge on any atom is -0.494 e. The zero-order chi connectivity index (χ0) is 28.4. The van der Waals surface area contributed by atoms with Gasteiger partial charge in [-0.15, -0.1) is 0 Å². The average Bonchev–Trinajstić information content (AvgIpc) is 3.57. The van der Waals surface area contributed by atoms with Crippen LogP contribution in [0, 0.1) is 0 Å². The lowest BCUT2D eigenvalue weighted by Crippen LogP contribution is -2.30. The predicted molar refractivity (Wildman–Crippen MR) is 157 cm³/mol. The quantitative estimate of drug-likeness (QED) is 0.235. The van der Waals surface area contributed by atoms with E-state index < -0.39 is 16.0 Å². The third-order valence-corrected chi connectivity index (χ3v) is 7.39. The first kappa shape index (κ1) is 27.2. The maximum Gasteiger partial charge on any atom is 0.337 e. The molecule has 0 aliphatic carbocycles. The normalized spacial score (nSPS) is 16.9. The van der Waals surface area contributed by atoms with Crippen LogP contribution in [0.5, 0.6) is 5.75 Å². The van der Waals surface area contributed by atoms with Crippen LogP contribution in [0.2, 0.25) is 0 Å². The maximum absolute atomic E-state index is 12.2. The number of thiocarbonyl (C=S) groups is 1. The van der Waals surface area contributed by atoms with Gasteiger partial charge in [0.05, 0.1) is 43.5 Å². The largest absolute Gasteiger partial charge is 0.494 e. The number of hydrogen-bond donors (Lipinski definition) is 2. The lowest BCUT2D eigenvalue weighted by atomic mass is 10.0. The van der Waals surface area contributed by atoms with Crippen molar-refractivity contribution in [1.29, 1.82) is 0 Å². The molecule has 1 aliphatic heterocycles. The maximum atomic E-state index is 12.2. The molecule has 0 bridgehead atoms. The molecular formula is C28H27N5O5S2. The van der Waals surface area contributed by atoms with Gasteiger partial charge in [0.1, 0.15) is 11.8 Å². The van der Waals surface area contributed by atoms with Crippen LogP contribution in [0.15, 0.2) is 85.2 Å². The van der Waals surface area contributed by atoms with E-state index in [2.05, 4.69) is 15.0 Å². The second-order valence-electron chi connectivity index (χ2n) is 9.10. The number of sulfonamides is 1. The zero-order valence-electron chi connectivity index (χ0n) is 21.9. The molecule has 2 aromatic carbocycles. The summed E-state index contributed by atoms with van der Waals surface area (Å²) >= 11 is 5.85. The number of hydrogen-bond acceptors (Lipinski definition) is 7. The van der Waals surface area contributed by atoms with Crippen LogP contribution in [-0.4, -0.2) is 49.5 Å². The van der Waals surface area contributed by atoms with Gasteiger partial charge in [0, 0.05) is 35.5 Å². The number of aromatic nitrogens is 2. The highest BCUT2D eigenvalue weighted by molar-refractivity contribution is 7.92. The van der Waals surface area contributed by atoms with Gasteiger partial charge in [0.15, 0.2) is 5.11 Å². The Morgan fingerprint density at radius 1 is 1.02 bits per heavy atom. The fourth-order valence-electron chi connectivity index (χ4n) is 4.82. The summed E-state index contributed by atoms with van der Waals surface area (Å²) in [6.07, 6.45) is 4.73. The van der Waals surface area contributed by atoms with E-state index in [1.807, 2.05) is 52.1 Å². The van der Waals surface area contributed by atoms with Crippen molar-refractivity contribution in [3.05, 3.63) is 102 Å². The summed E-state index contributed by atoms with van der Waals surface area (Å²) in [6, 6.07) is 21.2. The molecule has 10 nitrogen and oxygen atoms in total. The first-order valence-electron chi connectivity index (χ1n) is 12.2. The first-order valence-corrected chi connectivity index (χ1v) is 14.5. The Kier molecular flexibility index (Phi) is 7.46. The molecule has 1 fully saturated rings. The van der Waals surface area contributed by atoms with Crippen LogP contribution in [-0.2, 0) is 14.8 Å². The molecular weight excluding hydrogens is 550 g/mol. The molecule has 0 amide bonds. The fraction of sp³-hybridized carbons (Fsp3) is 0.179. The van der Waals surface area contributed by atoms with E-state index in [-0.39, 0.29) is 12.1 Å². The van der Waals surface area contributed by atoms with Crippen molar-refractivity contribution in [2.24, 2.45) is 0 Å². The third kappa shape index (κ3) is 5.36. The monoisotopic (exact) mass is 577 g/mol. The van der Waals surface area contributed by atoms with Crippen molar-refractivity contribution < 1.29 is 22.7 Å². The molecule has 0 unspecified atom stereocenters. The third-order valence-electron chi connectivity index (χ3n) is 6.49. The molecule has 5 rings (SSSR count). The Labute approximate surface area is 237 Å². The van der Waals surface area contributed by atoms with Gasteiger partial charge >= 0.3 is 5.97 Å². The highest BCUT2D eigenvalue weighted by atomic mass is 32.2. The van der Waals surface area contributed by atoms with E-state index in [9.17, 15) is 13.2 Å². The van der Waals surface area contributed by atoms with Crippen molar-refractivity contribution >= 4 is 44.7 Å². The minimum atomic E-state index is -3.52. The second kappa shape index (κ2) is 11.0. The summed E-state index contributed by atoms with van der Waals surface area (Å²) in [5, 5.41) is 3.88. The number of anilines is 2. The van der Waals surface area contributed by atoms with Gasteiger partial charge < -0.3 is 24.3 Å². The molecule has 0 radical (unpaired) electrons. The van der Waals surface area contributed by atoms with E-state index in [1.165, 1.54) is 14.2 Å². The van der Waals surface area contributed by atoms with E-state index in [0.717, 1.165) is 23.3 Å². The zero-order valence-corrected chi connectivity index (χ0v) is 23.6. The molecule has 40 heavy (non-hydrogen) atoms. The summed E-state index contributed by atoms with van der Waals surface area (Å²) in [5.41, 5.74) is 3.86. The number of nitrogens with one attached hydrogen (secondary N) is 2. The number of pyridine rings is 1. The van der Waals surface area contributed by atoms with Gasteiger partial charge in [-0.3, -0.25) is 9.71 Å². The molecule has 3 heterocycles. The van der Waals surface area contributed by atoms with E-state index in [4.69, 9.17) is 21.7 Å². The van der Waals surface area contributed by atoms with Gasteiger partial charge in [0.2, 0.25) is 10.0 Å². The number of benzene rings is 2. The SMILES string of the molecule is COC(=O)c1cccc(-n2cccc2[C@@H]2[C@H](c3ccccn3)NC(=S)N2c2ccc(NS(C)(=O)=O)c(OC)c2)c1. The summed E-state index contributed by atoms with van der Waals surface area (Å²) in [7, 11) is -0.696.